The van der Waals surface area contributed by atoms with E-state index >= 15 is 0 Å². The van der Waals surface area contributed by atoms with Crippen LogP contribution < -0.4 is 10.6 Å². The van der Waals surface area contributed by atoms with E-state index in [0.29, 0.717) is 5.56 Å². The maximum atomic E-state index is 13.2. The molecular formula is C18H15ClFN3O3. The van der Waals surface area contributed by atoms with Gasteiger partial charge in [0.15, 0.2) is 0 Å². The molecule has 3 rings (SSSR count). The van der Waals surface area contributed by atoms with Crippen LogP contribution in [0.4, 0.5) is 14.9 Å². The summed E-state index contributed by atoms with van der Waals surface area (Å²) in [5.41, 5.74) is -0.358. The summed E-state index contributed by atoms with van der Waals surface area (Å²) in [6, 6.07) is 11.8. The second-order valence-electron chi connectivity index (χ2n) is 5.99. The standard InChI is InChI=1S/C18H15ClFN3O3/c1-18(11-5-3-2-4-6-11)16(25)23(17(26)22-18)10-15(24)21-12-7-8-14(20)13(19)9-12/h2-9H,10H2,1H3,(H,21,24)(H,22,26). The van der Waals surface area contributed by atoms with E-state index in [1.54, 1.807) is 37.3 Å². The molecule has 6 nitrogen and oxygen atoms in total. The maximum Gasteiger partial charge on any atom is 0.325 e. The second-order valence-corrected chi connectivity index (χ2v) is 6.40. The molecule has 134 valence electrons. The third kappa shape index (κ3) is 3.25. The minimum atomic E-state index is -1.24. The Morgan fingerprint density at radius 3 is 2.58 bits per heavy atom. The third-order valence-electron chi connectivity index (χ3n) is 4.13. The summed E-state index contributed by atoms with van der Waals surface area (Å²) >= 11 is 5.66. The zero-order chi connectivity index (χ0) is 18.9. The molecule has 1 heterocycles. The Labute approximate surface area is 153 Å². The molecule has 1 aliphatic rings. The van der Waals surface area contributed by atoms with E-state index in [4.69, 9.17) is 11.6 Å². The molecule has 8 heteroatoms. The number of hydrogen-bond donors (Lipinski definition) is 2. The highest BCUT2D eigenvalue weighted by Crippen LogP contribution is 2.28. The molecule has 1 fully saturated rings. The number of carbonyl (C=O) groups is 3. The molecule has 2 aromatic carbocycles. The average Bonchev–Trinajstić information content (AvgIpc) is 2.83. The van der Waals surface area contributed by atoms with E-state index in [9.17, 15) is 18.8 Å². The Balaban J connectivity index is 1.73. The largest absolute Gasteiger partial charge is 0.325 e. The Morgan fingerprint density at radius 1 is 1.23 bits per heavy atom. The molecule has 1 atom stereocenters. The van der Waals surface area contributed by atoms with E-state index in [2.05, 4.69) is 10.6 Å². The van der Waals surface area contributed by atoms with E-state index in [-0.39, 0.29) is 10.7 Å². The van der Waals surface area contributed by atoms with Gasteiger partial charge < -0.3 is 10.6 Å². The fraction of sp³-hybridized carbons (Fsp3) is 0.167. The van der Waals surface area contributed by atoms with Crippen LogP contribution in [0.5, 0.6) is 0 Å². The highest BCUT2D eigenvalue weighted by atomic mass is 35.5. The topological polar surface area (TPSA) is 78.5 Å². The first-order valence-electron chi connectivity index (χ1n) is 7.76. The van der Waals surface area contributed by atoms with Crippen molar-refractivity contribution in [2.24, 2.45) is 0 Å². The van der Waals surface area contributed by atoms with Crippen molar-refractivity contribution in [1.29, 1.82) is 0 Å². The molecule has 1 saturated heterocycles. The molecule has 1 aliphatic heterocycles. The fourth-order valence-corrected chi connectivity index (χ4v) is 2.91. The minimum Gasteiger partial charge on any atom is -0.324 e. The molecule has 0 spiro atoms. The number of urea groups is 1. The zero-order valence-electron chi connectivity index (χ0n) is 13.8. The first kappa shape index (κ1) is 17.9. The number of halogens is 2. The van der Waals surface area contributed by atoms with E-state index in [1.165, 1.54) is 12.1 Å². The highest BCUT2D eigenvalue weighted by Gasteiger charge is 2.49. The monoisotopic (exact) mass is 375 g/mol. The van der Waals surface area contributed by atoms with Gasteiger partial charge in [-0.15, -0.1) is 0 Å². The van der Waals surface area contributed by atoms with Crippen LogP contribution in [0.2, 0.25) is 5.02 Å². The van der Waals surface area contributed by atoms with E-state index < -0.39 is 35.7 Å². The summed E-state index contributed by atoms with van der Waals surface area (Å²) in [6.07, 6.45) is 0. The van der Waals surface area contributed by atoms with Gasteiger partial charge in [-0.05, 0) is 30.7 Å². The number of carbonyl (C=O) groups excluding carboxylic acids is 3. The predicted molar refractivity (Wildman–Crippen MR) is 94.1 cm³/mol. The van der Waals surface area contributed by atoms with Gasteiger partial charge in [-0.1, -0.05) is 41.9 Å². The van der Waals surface area contributed by atoms with Crippen LogP contribution in [0.3, 0.4) is 0 Å². The van der Waals surface area contributed by atoms with Crippen LogP contribution in [-0.2, 0) is 15.1 Å². The van der Waals surface area contributed by atoms with Gasteiger partial charge >= 0.3 is 6.03 Å². The smallest absolute Gasteiger partial charge is 0.324 e. The van der Waals surface area contributed by atoms with Gasteiger partial charge in [0.25, 0.3) is 5.91 Å². The predicted octanol–water partition coefficient (Wildman–Crippen LogP) is 2.88. The van der Waals surface area contributed by atoms with Crippen molar-refractivity contribution in [1.82, 2.24) is 10.2 Å². The molecular weight excluding hydrogens is 361 g/mol. The minimum absolute atomic E-state index is 0.144. The lowest BCUT2D eigenvalue weighted by molar-refractivity contribution is -0.133. The van der Waals surface area contributed by atoms with Gasteiger partial charge in [0, 0.05) is 5.69 Å². The van der Waals surface area contributed by atoms with Crippen molar-refractivity contribution >= 4 is 35.1 Å². The molecule has 0 aromatic heterocycles. The summed E-state index contributed by atoms with van der Waals surface area (Å²) < 4.78 is 13.2. The van der Waals surface area contributed by atoms with E-state index in [0.717, 1.165) is 11.0 Å². The first-order chi connectivity index (χ1) is 12.3. The summed E-state index contributed by atoms with van der Waals surface area (Å²) in [5.74, 6) is -1.74. The van der Waals surface area contributed by atoms with Crippen LogP contribution in [0, 0.1) is 5.82 Å². The van der Waals surface area contributed by atoms with Gasteiger partial charge in [-0.25, -0.2) is 9.18 Å². The normalized spacial score (nSPS) is 19.4. The maximum absolute atomic E-state index is 13.2. The number of rotatable bonds is 4. The summed E-state index contributed by atoms with van der Waals surface area (Å²) in [5, 5.41) is 4.96. The molecule has 2 aromatic rings. The van der Waals surface area contributed by atoms with Crippen molar-refractivity contribution in [3.63, 3.8) is 0 Å². The van der Waals surface area contributed by atoms with Gasteiger partial charge in [0.1, 0.15) is 17.9 Å². The van der Waals surface area contributed by atoms with Crippen molar-refractivity contribution in [2.75, 3.05) is 11.9 Å². The van der Waals surface area contributed by atoms with Gasteiger partial charge in [-0.3, -0.25) is 14.5 Å². The summed E-state index contributed by atoms with van der Waals surface area (Å²) in [7, 11) is 0. The molecule has 26 heavy (non-hydrogen) atoms. The Bertz CT molecular complexity index is 891. The van der Waals surface area contributed by atoms with Gasteiger partial charge in [-0.2, -0.15) is 0 Å². The second kappa shape index (κ2) is 6.76. The Kier molecular flexibility index (Phi) is 4.65. The number of nitrogens with zero attached hydrogens (tertiary/aromatic N) is 1. The molecule has 0 aliphatic carbocycles. The van der Waals surface area contributed by atoms with Crippen molar-refractivity contribution in [3.05, 3.63) is 64.9 Å². The SMILES string of the molecule is CC1(c2ccccc2)NC(=O)N(CC(=O)Nc2ccc(F)c(Cl)c2)C1=O. The van der Waals surface area contributed by atoms with Crippen LogP contribution in [0.1, 0.15) is 12.5 Å². The number of hydrogen-bond acceptors (Lipinski definition) is 3. The third-order valence-corrected chi connectivity index (χ3v) is 4.42. The van der Waals surface area contributed by atoms with Crippen molar-refractivity contribution in [3.8, 4) is 0 Å². The van der Waals surface area contributed by atoms with Crippen LogP contribution in [0.15, 0.2) is 48.5 Å². The summed E-state index contributed by atoms with van der Waals surface area (Å²) in [6.45, 7) is 1.11. The molecule has 0 bridgehead atoms. The Morgan fingerprint density at radius 2 is 1.92 bits per heavy atom. The molecule has 2 N–H and O–H groups in total. The van der Waals surface area contributed by atoms with Gasteiger partial charge in [0.2, 0.25) is 5.91 Å². The molecule has 1 unspecified atom stereocenters. The van der Waals surface area contributed by atoms with Crippen LogP contribution in [-0.4, -0.2) is 29.3 Å². The van der Waals surface area contributed by atoms with Crippen LogP contribution in [0.25, 0.3) is 0 Å². The molecule has 4 amide bonds. The summed E-state index contributed by atoms with van der Waals surface area (Å²) in [4.78, 5) is 37.9. The lowest BCUT2D eigenvalue weighted by Gasteiger charge is -2.22. The highest BCUT2D eigenvalue weighted by molar-refractivity contribution is 6.31. The molecule has 0 radical (unpaired) electrons. The lowest BCUT2D eigenvalue weighted by Crippen LogP contribution is -2.42. The van der Waals surface area contributed by atoms with Crippen molar-refractivity contribution in [2.45, 2.75) is 12.5 Å². The molecule has 0 saturated carbocycles. The number of anilines is 1. The quantitative estimate of drug-likeness (QED) is 0.806. The first-order valence-corrected chi connectivity index (χ1v) is 8.13. The Hall–Kier alpha value is -2.93. The number of benzene rings is 2. The van der Waals surface area contributed by atoms with Crippen LogP contribution >= 0.6 is 11.6 Å². The number of amides is 4. The average molecular weight is 376 g/mol. The zero-order valence-corrected chi connectivity index (χ0v) is 14.5. The van der Waals surface area contributed by atoms with Crippen molar-refractivity contribution < 1.29 is 18.8 Å². The van der Waals surface area contributed by atoms with Gasteiger partial charge in [0.05, 0.1) is 5.02 Å². The number of nitrogens with one attached hydrogen (secondary N) is 2. The lowest BCUT2D eigenvalue weighted by atomic mass is 9.92. The fourth-order valence-electron chi connectivity index (χ4n) is 2.73. The van der Waals surface area contributed by atoms with E-state index in [1.807, 2.05) is 0 Å². The number of imide groups is 1.